The van der Waals surface area contributed by atoms with Crippen molar-refractivity contribution in [1.82, 2.24) is 5.32 Å². The molecule has 156 valence electrons. The molecule has 2 N–H and O–H groups in total. The van der Waals surface area contributed by atoms with E-state index in [-0.39, 0.29) is 18.8 Å². The number of ether oxygens (including phenoxy) is 2. The molecule has 0 saturated carbocycles. The normalized spacial score (nSPS) is 13.5. The van der Waals surface area contributed by atoms with Gasteiger partial charge in [0, 0.05) is 0 Å². The van der Waals surface area contributed by atoms with E-state index in [2.05, 4.69) is 5.32 Å². The van der Waals surface area contributed by atoms with E-state index in [4.69, 9.17) is 9.47 Å². The molecule has 0 radical (unpaired) electrons. The summed E-state index contributed by atoms with van der Waals surface area (Å²) < 4.78 is 10.4. The van der Waals surface area contributed by atoms with E-state index in [1.54, 1.807) is 20.8 Å². The van der Waals surface area contributed by atoms with Crippen molar-refractivity contribution >= 4 is 18.0 Å². The monoisotopic (exact) mass is 393 g/mol. The van der Waals surface area contributed by atoms with Crippen LogP contribution < -0.4 is 5.32 Å². The highest BCUT2D eigenvalue weighted by Gasteiger charge is 2.30. The van der Waals surface area contributed by atoms with Gasteiger partial charge in [0.25, 0.3) is 0 Å². The minimum atomic E-state index is -1.26. The SMILES string of the molecule is CC(C)C[C@H](OC(=O)[C@H](CCc1ccccc1)NC(=O)OC(C)(C)C)C(=O)O. The number of nitrogens with one attached hydrogen (secondary N) is 1. The van der Waals surface area contributed by atoms with Crippen molar-refractivity contribution in [3.8, 4) is 0 Å². The summed E-state index contributed by atoms with van der Waals surface area (Å²) >= 11 is 0. The average Bonchev–Trinajstić information content (AvgIpc) is 2.56. The summed E-state index contributed by atoms with van der Waals surface area (Å²) in [4.78, 5) is 36.1. The smallest absolute Gasteiger partial charge is 0.408 e. The van der Waals surface area contributed by atoms with E-state index in [0.717, 1.165) is 5.56 Å². The molecular formula is C21H31NO6. The Morgan fingerprint density at radius 3 is 2.21 bits per heavy atom. The third kappa shape index (κ3) is 9.39. The molecule has 0 aliphatic heterocycles. The quantitative estimate of drug-likeness (QED) is 0.622. The van der Waals surface area contributed by atoms with Crippen LogP contribution in [0.5, 0.6) is 0 Å². The predicted octanol–water partition coefficient (Wildman–Crippen LogP) is 3.56. The molecule has 0 heterocycles. The molecule has 0 saturated heterocycles. The van der Waals surface area contributed by atoms with Crippen LogP contribution in [-0.4, -0.2) is 40.9 Å². The highest BCUT2D eigenvalue weighted by molar-refractivity contribution is 5.84. The van der Waals surface area contributed by atoms with E-state index in [1.165, 1.54) is 0 Å². The number of benzene rings is 1. The number of carbonyl (C=O) groups excluding carboxylic acids is 2. The van der Waals surface area contributed by atoms with E-state index < -0.39 is 35.8 Å². The Morgan fingerprint density at radius 2 is 1.71 bits per heavy atom. The van der Waals surface area contributed by atoms with Gasteiger partial charge in [-0.3, -0.25) is 0 Å². The summed E-state index contributed by atoms with van der Waals surface area (Å²) in [6, 6.07) is 8.46. The summed E-state index contributed by atoms with van der Waals surface area (Å²) in [5.74, 6) is -1.95. The number of hydrogen-bond acceptors (Lipinski definition) is 5. The van der Waals surface area contributed by atoms with Crippen molar-refractivity contribution in [1.29, 1.82) is 0 Å². The topological polar surface area (TPSA) is 102 Å². The molecule has 0 spiro atoms. The van der Waals surface area contributed by atoms with Gasteiger partial charge < -0.3 is 19.9 Å². The first-order chi connectivity index (χ1) is 13.0. The van der Waals surface area contributed by atoms with Crippen LogP contribution in [0.1, 0.15) is 53.0 Å². The van der Waals surface area contributed by atoms with Gasteiger partial charge in [-0.1, -0.05) is 44.2 Å². The lowest BCUT2D eigenvalue weighted by Crippen LogP contribution is -2.46. The lowest BCUT2D eigenvalue weighted by atomic mass is 10.0. The highest BCUT2D eigenvalue weighted by atomic mass is 16.6. The molecule has 0 aliphatic rings. The molecule has 0 aliphatic carbocycles. The Labute approximate surface area is 166 Å². The molecule has 1 amide bonds. The Bertz CT molecular complexity index is 651. The van der Waals surface area contributed by atoms with Crippen molar-refractivity contribution in [3.63, 3.8) is 0 Å². The van der Waals surface area contributed by atoms with Gasteiger partial charge in [0.1, 0.15) is 11.6 Å². The van der Waals surface area contributed by atoms with Crippen LogP contribution in [0.3, 0.4) is 0 Å². The molecule has 0 fully saturated rings. The number of hydrogen-bond donors (Lipinski definition) is 2. The minimum absolute atomic E-state index is 0.0375. The van der Waals surface area contributed by atoms with E-state index >= 15 is 0 Å². The Morgan fingerprint density at radius 1 is 1.11 bits per heavy atom. The standard InChI is InChI=1S/C21H31NO6/c1-14(2)13-17(18(23)24)27-19(25)16(22-20(26)28-21(3,4)5)12-11-15-9-7-6-8-10-15/h6-10,14,16-17H,11-13H2,1-5H3,(H,22,26)(H,23,24)/t16-,17-/m0/s1. The number of amides is 1. The zero-order chi connectivity index (χ0) is 21.3. The molecule has 1 rings (SSSR count). The second-order valence-corrected chi connectivity index (χ2v) is 8.12. The van der Waals surface area contributed by atoms with Crippen LogP contribution in [0.25, 0.3) is 0 Å². The van der Waals surface area contributed by atoms with Crippen LogP contribution in [-0.2, 0) is 25.5 Å². The summed E-state index contributed by atoms with van der Waals surface area (Å²) in [6.07, 6.45) is -1.04. The predicted molar refractivity (Wildman–Crippen MR) is 105 cm³/mol. The van der Waals surface area contributed by atoms with E-state index in [1.807, 2.05) is 44.2 Å². The van der Waals surface area contributed by atoms with Crippen molar-refractivity contribution in [2.45, 2.75) is 71.6 Å². The molecule has 0 aromatic heterocycles. The lowest BCUT2D eigenvalue weighted by Gasteiger charge is -2.24. The maximum absolute atomic E-state index is 12.6. The summed E-state index contributed by atoms with van der Waals surface area (Å²) in [6.45, 7) is 8.83. The summed E-state index contributed by atoms with van der Waals surface area (Å²) in [5, 5.41) is 11.8. The first-order valence-corrected chi connectivity index (χ1v) is 9.44. The first kappa shape index (κ1) is 23.5. The van der Waals surface area contributed by atoms with Crippen molar-refractivity contribution in [3.05, 3.63) is 35.9 Å². The van der Waals surface area contributed by atoms with Gasteiger partial charge in [0.05, 0.1) is 0 Å². The lowest BCUT2D eigenvalue weighted by molar-refractivity contribution is -0.166. The number of aliphatic carboxylic acids is 1. The Hall–Kier alpha value is -2.57. The third-order valence-electron chi connectivity index (χ3n) is 3.76. The number of carboxylic acid groups (broad SMARTS) is 1. The number of esters is 1. The van der Waals surface area contributed by atoms with Gasteiger partial charge in [0.15, 0.2) is 6.10 Å². The van der Waals surface area contributed by atoms with Crippen LogP contribution in [0, 0.1) is 5.92 Å². The minimum Gasteiger partial charge on any atom is -0.479 e. The van der Waals surface area contributed by atoms with Crippen molar-refractivity contribution < 1.29 is 29.0 Å². The summed E-state index contributed by atoms with van der Waals surface area (Å²) in [7, 11) is 0. The molecular weight excluding hydrogens is 362 g/mol. The van der Waals surface area contributed by atoms with Gasteiger partial charge in [-0.15, -0.1) is 0 Å². The molecule has 1 aromatic rings. The number of rotatable bonds is 9. The fourth-order valence-corrected chi connectivity index (χ4v) is 2.50. The van der Waals surface area contributed by atoms with Gasteiger partial charge in [-0.25, -0.2) is 14.4 Å². The summed E-state index contributed by atoms with van der Waals surface area (Å²) in [5.41, 5.74) is 0.266. The van der Waals surface area contributed by atoms with Gasteiger partial charge in [-0.2, -0.15) is 0 Å². The molecule has 28 heavy (non-hydrogen) atoms. The average molecular weight is 393 g/mol. The van der Waals surface area contributed by atoms with Crippen LogP contribution in [0.4, 0.5) is 4.79 Å². The number of carboxylic acids is 1. The van der Waals surface area contributed by atoms with E-state index in [9.17, 15) is 19.5 Å². The molecule has 7 nitrogen and oxygen atoms in total. The van der Waals surface area contributed by atoms with Crippen LogP contribution >= 0.6 is 0 Å². The van der Waals surface area contributed by atoms with Crippen molar-refractivity contribution in [2.24, 2.45) is 5.92 Å². The zero-order valence-electron chi connectivity index (χ0n) is 17.2. The van der Waals surface area contributed by atoms with Gasteiger partial charge in [0.2, 0.25) is 0 Å². The Kier molecular flexibility index (Phi) is 8.96. The zero-order valence-corrected chi connectivity index (χ0v) is 17.2. The highest BCUT2D eigenvalue weighted by Crippen LogP contribution is 2.13. The Balaban J connectivity index is 2.85. The maximum atomic E-state index is 12.6. The van der Waals surface area contributed by atoms with Crippen LogP contribution in [0.2, 0.25) is 0 Å². The second kappa shape index (κ2) is 10.7. The first-order valence-electron chi connectivity index (χ1n) is 9.44. The molecule has 0 unspecified atom stereocenters. The maximum Gasteiger partial charge on any atom is 0.408 e. The van der Waals surface area contributed by atoms with Crippen LogP contribution in [0.15, 0.2) is 30.3 Å². The molecule has 1 aromatic carbocycles. The van der Waals surface area contributed by atoms with Crippen molar-refractivity contribution in [2.75, 3.05) is 0 Å². The fraction of sp³-hybridized carbons (Fsp3) is 0.571. The largest absolute Gasteiger partial charge is 0.479 e. The third-order valence-corrected chi connectivity index (χ3v) is 3.76. The molecule has 2 atom stereocenters. The number of carbonyl (C=O) groups is 3. The number of aryl methyl sites for hydroxylation is 1. The molecule has 7 heteroatoms. The van der Waals surface area contributed by atoms with Gasteiger partial charge in [-0.05, 0) is 51.5 Å². The number of alkyl carbamates (subject to hydrolysis) is 1. The second-order valence-electron chi connectivity index (χ2n) is 8.12. The van der Waals surface area contributed by atoms with E-state index in [0.29, 0.717) is 6.42 Å². The molecule has 0 bridgehead atoms. The van der Waals surface area contributed by atoms with Gasteiger partial charge >= 0.3 is 18.0 Å². The fourth-order valence-electron chi connectivity index (χ4n) is 2.50.